The maximum absolute atomic E-state index is 11.4. The van der Waals surface area contributed by atoms with Gasteiger partial charge in [-0.05, 0) is 5.92 Å². The zero-order valence-corrected chi connectivity index (χ0v) is 8.86. The third kappa shape index (κ3) is 1.80. The van der Waals surface area contributed by atoms with Crippen LogP contribution >= 0.6 is 0 Å². The summed E-state index contributed by atoms with van der Waals surface area (Å²) in [7, 11) is 0. The van der Waals surface area contributed by atoms with Crippen LogP contribution in [0.5, 0.6) is 0 Å². The third-order valence-corrected chi connectivity index (χ3v) is 2.91. The SMILES string of the molecule is CCC(C)C1C(O)CC(=O)N1C(C)=O. The second-order valence-corrected chi connectivity index (χ2v) is 3.93. The molecule has 1 N–H and O–H groups in total. The van der Waals surface area contributed by atoms with Crippen LogP contribution < -0.4 is 0 Å². The molecule has 14 heavy (non-hydrogen) atoms. The number of likely N-dealkylation sites (tertiary alicyclic amines) is 1. The van der Waals surface area contributed by atoms with E-state index in [1.807, 2.05) is 13.8 Å². The molecule has 0 bridgehead atoms. The number of hydrogen-bond donors (Lipinski definition) is 1. The smallest absolute Gasteiger partial charge is 0.232 e. The Kier molecular flexibility index (Phi) is 3.26. The van der Waals surface area contributed by atoms with Gasteiger partial charge < -0.3 is 5.11 Å². The minimum absolute atomic E-state index is 0.0780. The fourth-order valence-electron chi connectivity index (χ4n) is 2.00. The summed E-state index contributed by atoms with van der Waals surface area (Å²) < 4.78 is 0. The van der Waals surface area contributed by atoms with E-state index >= 15 is 0 Å². The van der Waals surface area contributed by atoms with Crippen molar-refractivity contribution in [2.45, 2.75) is 45.8 Å². The number of carbonyl (C=O) groups is 2. The quantitative estimate of drug-likeness (QED) is 0.706. The van der Waals surface area contributed by atoms with Crippen molar-refractivity contribution in [3.63, 3.8) is 0 Å². The van der Waals surface area contributed by atoms with Crippen molar-refractivity contribution in [1.82, 2.24) is 4.90 Å². The van der Waals surface area contributed by atoms with Gasteiger partial charge in [-0.3, -0.25) is 14.5 Å². The molecule has 0 aromatic rings. The van der Waals surface area contributed by atoms with Crippen LogP contribution in [-0.2, 0) is 9.59 Å². The standard InChI is InChI=1S/C10H17NO3/c1-4-6(2)10-8(13)5-9(14)11(10)7(3)12/h6,8,10,13H,4-5H2,1-3H3. The molecule has 0 radical (unpaired) electrons. The van der Waals surface area contributed by atoms with Gasteiger partial charge in [0.1, 0.15) is 0 Å². The van der Waals surface area contributed by atoms with Crippen LogP contribution in [0.3, 0.4) is 0 Å². The van der Waals surface area contributed by atoms with Crippen molar-refractivity contribution in [2.75, 3.05) is 0 Å². The highest BCUT2D eigenvalue weighted by molar-refractivity contribution is 5.96. The van der Waals surface area contributed by atoms with E-state index in [-0.39, 0.29) is 30.2 Å². The summed E-state index contributed by atoms with van der Waals surface area (Å²) in [5.41, 5.74) is 0. The first-order chi connectivity index (χ1) is 6.49. The monoisotopic (exact) mass is 199 g/mol. The van der Waals surface area contributed by atoms with Gasteiger partial charge in [-0.25, -0.2) is 0 Å². The van der Waals surface area contributed by atoms with E-state index in [1.165, 1.54) is 11.8 Å². The van der Waals surface area contributed by atoms with Crippen molar-refractivity contribution >= 4 is 11.8 Å². The van der Waals surface area contributed by atoms with Gasteiger partial charge in [0.25, 0.3) is 0 Å². The van der Waals surface area contributed by atoms with Crippen molar-refractivity contribution in [3.05, 3.63) is 0 Å². The number of nitrogens with zero attached hydrogens (tertiary/aromatic N) is 1. The zero-order chi connectivity index (χ0) is 10.9. The molecular formula is C10H17NO3. The molecule has 0 aliphatic carbocycles. The van der Waals surface area contributed by atoms with Crippen LogP contribution in [0.1, 0.15) is 33.6 Å². The molecule has 1 saturated heterocycles. The summed E-state index contributed by atoms with van der Waals surface area (Å²) in [6.07, 6.45) is 0.231. The normalized spacial score (nSPS) is 29.4. The summed E-state index contributed by atoms with van der Waals surface area (Å²) in [5.74, 6) is -0.368. The van der Waals surface area contributed by atoms with Crippen LogP contribution in [0.15, 0.2) is 0 Å². The summed E-state index contributed by atoms with van der Waals surface area (Å²) in [5, 5.41) is 9.67. The molecule has 1 aliphatic rings. The maximum atomic E-state index is 11.4. The Morgan fingerprint density at radius 3 is 2.71 bits per heavy atom. The number of aliphatic hydroxyl groups excluding tert-OH is 1. The van der Waals surface area contributed by atoms with Crippen molar-refractivity contribution in [1.29, 1.82) is 0 Å². The summed E-state index contributed by atoms with van der Waals surface area (Å²) >= 11 is 0. The molecule has 0 aromatic carbocycles. The van der Waals surface area contributed by atoms with Gasteiger partial charge in [-0.2, -0.15) is 0 Å². The van der Waals surface area contributed by atoms with Crippen LogP contribution in [0.4, 0.5) is 0 Å². The van der Waals surface area contributed by atoms with Gasteiger partial charge >= 0.3 is 0 Å². The number of aliphatic hydroxyl groups is 1. The van der Waals surface area contributed by atoms with Gasteiger partial charge in [0.05, 0.1) is 18.6 Å². The van der Waals surface area contributed by atoms with Gasteiger partial charge in [0.2, 0.25) is 11.8 Å². The minimum Gasteiger partial charge on any atom is -0.390 e. The Bertz CT molecular complexity index is 252. The Balaban J connectivity index is 2.88. The van der Waals surface area contributed by atoms with Crippen molar-refractivity contribution in [2.24, 2.45) is 5.92 Å². The molecular weight excluding hydrogens is 182 g/mol. The maximum Gasteiger partial charge on any atom is 0.232 e. The second-order valence-electron chi connectivity index (χ2n) is 3.93. The molecule has 1 aliphatic heterocycles. The summed E-state index contributed by atoms with van der Waals surface area (Å²) in [4.78, 5) is 23.8. The van der Waals surface area contributed by atoms with Crippen LogP contribution in [-0.4, -0.2) is 34.0 Å². The highest BCUT2D eigenvalue weighted by Crippen LogP contribution is 2.27. The fraction of sp³-hybridized carbons (Fsp3) is 0.800. The topological polar surface area (TPSA) is 57.6 Å². The highest BCUT2D eigenvalue weighted by atomic mass is 16.3. The van der Waals surface area contributed by atoms with E-state index in [0.717, 1.165) is 6.42 Å². The van der Waals surface area contributed by atoms with Crippen LogP contribution in [0.25, 0.3) is 0 Å². The molecule has 1 fully saturated rings. The van der Waals surface area contributed by atoms with E-state index in [0.29, 0.717) is 0 Å². The minimum atomic E-state index is -0.693. The average Bonchev–Trinajstić information content (AvgIpc) is 2.39. The van der Waals surface area contributed by atoms with E-state index in [9.17, 15) is 14.7 Å². The second kappa shape index (κ2) is 4.09. The highest BCUT2D eigenvalue weighted by Gasteiger charge is 2.43. The average molecular weight is 199 g/mol. The molecule has 1 rings (SSSR count). The Labute approximate surface area is 83.9 Å². The van der Waals surface area contributed by atoms with E-state index in [2.05, 4.69) is 0 Å². The van der Waals surface area contributed by atoms with Gasteiger partial charge in [0, 0.05) is 6.92 Å². The zero-order valence-electron chi connectivity index (χ0n) is 8.86. The first-order valence-electron chi connectivity index (χ1n) is 4.99. The molecule has 3 unspecified atom stereocenters. The van der Waals surface area contributed by atoms with Gasteiger partial charge in [-0.15, -0.1) is 0 Å². The van der Waals surface area contributed by atoms with E-state index in [1.54, 1.807) is 0 Å². The Morgan fingerprint density at radius 1 is 1.71 bits per heavy atom. The number of rotatable bonds is 2. The largest absolute Gasteiger partial charge is 0.390 e. The van der Waals surface area contributed by atoms with E-state index in [4.69, 9.17) is 0 Å². The third-order valence-electron chi connectivity index (χ3n) is 2.91. The number of imide groups is 1. The van der Waals surface area contributed by atoms with E-state index < -0.39 is 6.10 Å². The fourth-order valence-corrected chi connectivity index (χ4v) is 2.00. The van der Waals surface area contributed by atoms with Crippen LogP contribution in [0, 0.1) is 5.92 Å². The lowest BCUT2D eigenvalue weighted by Gasteiger charge is -2.28. The predicted molar refractivity (Wildman–Crippen MR) is 51.4 cm³/mol. The number of carbonyl (C=O) groups excluding carboxylic acids is 2. The molecule has 0 saturated carbocycles. The Morgan fingerprint density at radius 2 is 2.29 bits per heavy atom. The molecule has 1 heterocycles. The molecule has 80 valence electrons. The number of amides is 2. The molecule has 0 spiro atoms. The molecule has 2 amide bonds. The first kappa shape index (κ1) is 11.2. The lowest BCUT2D eigenvalue weighted by molar-refractivity contribution is -0.143. The summed E-state index contributed by atoms with van der Waals surface area (Å²) in [6.45, 7) is 5.30. The van der Waals surface area contributed by atoms with Crippen molar-refractivity contribution in [3.8, 4) is 0 Å². The summed E-state index contributed by atoms with van der Waals surface area (Å²) in [6, 6.07) is -0.329. The molecule has 3 atom stereocenters. The predicted octanol–water partition coefficient (Wildman–Crippen LogP) is 0.541. The van der Waals surface area contributed by atoms with Gasteiger partial charge in [-0.1, -0.05) is 20.3 Å². The molecule has 0 aromatic heterocycles. The molecule has 4 nitrogen and oxygen atoms in total. The lowest BCUT2D eigenvalue weighted by atomic mass is 9.95. The number of hydrogen-bond acceptors (Lipinski definition) is 3. The Hall–Kier alpha value is -0.900. The van der Waals surface area contributed by atoms with Gasteiger partial charge in [0.15, 0.2) is 0 Å². The molecule has 4 heteroatoms. The van der Waals surface area contributed by atoms with Crippen LogP contribution in [0.2, 0.25) is 0 Å². The lowest BCUT2D eigenvalue weighted by Crippen LogP contribution is -2.44. The van der Waals surface area contributed by atoms with Crippen molar-refractivity contribution < 1.29 is 14.7 Å². The first-order valence-corrected chi connectivity index (χ1v) is 4.99.